The van der Waals surface area contributed by atoms with E-state index in [9.17, 15) is 9.90 Å². The van der Waals surface area contributed by atoms with Gasteiger partial charge in [-0.15, -0.1) is 11.3 Å². The lowest BCUT2D eigenvalue weighted by Gasteiger charge is -2.07. The maximum absolute atomic E-state index is 11.8. The fourth-order valence-corrected chi connectivity index (χ4v) is 2.30. The van der Waals surface area contributed by atoms with Crippen molar-refractivity contribution in [3.63, 3.8) is 0 Å². The molecule has 0 spiro atoms. The highest BCUT2D eigenvalue weighted by Gasteiger charge is 2.12. The van der Waals surface area contributed by atoms with Crippen molar-refractivity contribution in [2.24, 2.45) is 0 Å². The fraction of sp³-hybridized carbons (Fsp3) is 0.154. The Morgan fingerprint density at radius 3 is 2.89 bits per heavy atom. The van der Waals surface area contributed by atoms with Crippen LogP contribution in [0.15, 0.2) is 35.7 Å². The quantitative estimate of drug-likeness (QED) is 0.583. The van der Waals surface area contributed by atoms with Gasteiger partial charge in [0.25, 0.3) is 5.91 Å². The minimum atomic E-state index is -0.309. The number of nitrogens with one attached hydrogen (secondary N) is 1. The second-order valence-corrected chi connectivity index (χ2v) is 4.86. The average Bonchev–Trinajstić information content (AvgIpc) is 2.85. The van der Waals surface area contributed by atoms with Crippen LogP contribution in [-0.4, -0.2) is 17.6 Å². The van der Waals surface area contributed by atoms with Gasteiger partial charge in [0.1, 0.15) is 0 Å². The molecule has 5 heteroatoms. The third kappa shape index (κ3) is 2.81. The molecule has 1 aromatic heterocycles. The van der Waals surface area contributed by atoms with Crippen LogP contribution in [0.4, 0.5) is 5.69 Å². The van der Waals surface area contributed by atoms with Gasteiger partial charge >= 0.3 is 0 Å². The Hall–Kier alpha value is -2.01. The average molecular weight is 262 g/mol. The second kappa shape index (κ2) is 5.55. The van der Waals surface area contributed by atoms with Crippen LogP contribution in [0, 0.1) is 0 Å². The SMILES string of the molecule is Nc1cccc(C(=O)NCCc2cccs2)c1O. The highest BCUT2D eigenvalue weighted by molar-refractivity contribution is 7.09. The zero-order chi connectivity index (χ0) is 13.0. The first-order valence-corrected chi connectivity index (χ1v) is 6.44. The van der Waals surface area contributed by atoms with Gasteiger partial charge in [0.15, 0.2) is 5.75 Å². The van der Waals surface area contributed by atoms with E-state index in [-0.39, 0.29) is 22.9 Å². The Morgan fingerprint density at radius 1 is 1.33 bits per heavy atom. The standard InChI is InChI=1S/C13H14N2O2S/c14-11-5-1-4-10(12(11)16)13(17)15-7-6-9-3-2-8-18-9/h1-5,8,16H,6-7,14H2,(H,15,17). The zero-order valence-corrected chi connectivity index (χ0v) is 10.5. The zero-order valence-electron chi connectivity index (χ0n) is 9.72. The van der Waals surface area contributed by atoms with Crippen molar-refractivity contribution in [2.45, 2.75) is 6.42 Å². The summed E-state index contributed by atoms with van der Waals surface area (Å²) in [7, 11) is 0. The first-order valence-electron chi connectivity index (χ1n) is 5.56. The molecular formula is C13H14N2O2S. The molecule has 0 atom stereocenters. The van der Waals surface area contributed by atoms with Crippen molar-refractivity contribution < 1.29 is 9.90 Å². The van der Waals surface area contributed by atoms with E-state index >= 15 is 0 Å². The number of aromatic hydroxyl groups is 1. The van der Waals surface area contributed by atoms with Crippen LogP contribution >= 0.6 is 11.3 Å². The highest BCUT2D eigenvalue weighted by atomic mass is 32.1. The van der Waals surface area contributed by atoms with Crippen LogP contribution in [0.5, 0.6) is 5.75 Å². The summed E-state index contributed by atoms with van der Waals surface area (Å²) in [6, 6.07) is 8.74. The van der Waals surface area contributed by atoms with E-state index < -0.39 is 0 Å². The van der Waals surface area contributed by atoms with Crippen molar-refractivity contribution >= 4 is 22.9 Å². The van der Waals surface area contributed by atoms with Gasteiger partial charge < -0.3 is 16.2 Å². The maximum Gasteiger partial charge on any atom is 0.255 e. The maximum atomic E-state index is 11.8. The third-order valence-corrected chi connectivity index (χ3v) is 3.49. The van der Waals surface area contributed by atoms with Crippen LogP contribution in [0.2, 0.25) is 0 Å². The summed E-state index contributed by atoms with van der Waals surface area (Å²) in [5, 5.41) is 14.4. The predicted molar refractivity (Wildman–Crippen MR) is 72.9 cm³/mol. The van der Waals surface area contributed by atoms with Gasteiger partial charge in [0.2, 0.25) is 0 Å². The van der Waals surface area contributed by atoms with Crippen LogP contribution in [0.25, 0.3) is 0 Å². The molecule has 4 nitrogen and oxygen atoms in total. The van der Waals surface area contributed by atoms with E-state index in [1.807, 2.05) is 17.5 Å². The van der Waals surface area contributed by atoms with Crippen LogP contribution < -0.4 is 11.1 Å². The topological polar surface area (TPSA) is 75.4 Å². The largest absolute Gasteiger partial charge is 0.505 e. The number of nitrogen functional groups attached to an aromatic ring is 1. The summed E-state index contributed by atoms with van der Waals surface area (Å²) in [4.78, 5) is 13.0. The van der Waals surface area contributed by atoms with Crippen molar-refractivity contribution in [3.05, 3.63) is 46.2 Å². The second-order valence-electron chi connectivity index (χ2n) is 3.83. The molecule has 0 saturated carbocycles. The molecular weight excluding hydrogens is 248 g/mol. The molecule has 2 rings (SSSR count). The number of hydrogen-bond acceptors (Lipinski definition) is 4. The summed E-state index contributed by atoms with van der Waals surface area (Å²) in [6.07, 6.45) is 0.784. The third-order valence-electron chi connectivity index (χ3n) is 2.55. The number of carbonyl (C=O) groups excluding carboxylic acids is 1. The van der Waals surface area contributed by atoms with Crippen molar-refractivity contribution in [3.8, 4) is 5.75 Å². The van der Waals surface area contributed by atoms with Gasteiger partial charge in [-0.2, -0.15) is 0 Å². The summed E-state index contributed by atoms with van der Waals surface area (Å²) in [6.45, 7) is 0.535. The molecule has 0 aliphatic carbocycles. The van der Waals surface area contributed by atoms with E-state index in [4.69, 9.17) is 5.73 Å². The smallest absolute Gasteiger partial charge is 0.255 e. The van der Waals surface area contributed by atoms with E-state index in [1.54, 1.807) is 29.5 Å². The van der Waals surface area contributed by atoms with Gasteiger partial charge in [0.05, 0.1) is 11.3 Å². The Bertz CT molecular complexity index is 538. The number of nitrogens with two attached hydrogens (primary N) is 1. The van der Waals surface area contributed by atoms with Crippen molar-refractivity contribution in [1.29, 1.82) is 0 Å². The molecule has 0 saturated heterocycles. The van der Waals surface area contributed by atoms with Crippen molar-refractivity contribution in [2.75, 3.05) is 12.3 Å². The van der Waals surface area contributed by atoms with Crippen molar-refractivity contribution in [1.82, 2.24) is 5.32 Å². The lowest BCUT2D eigenvalue weighted by atomic mass is 10.1. The van der Waals surface area contributed by atoms with Gasteiger partial charge in [-0.25, -0.2) is 0 Å². The lowest BCUT2D eigenvalue weighted by molar-refractivity contribution is 0.0951. The lowest BCUT2D eigenvalue weighted by Crippen LogP contribution is -2.25. The Kier molecular flexibility index (Phi) is 3.84. The summed E-state index contributed by atoms with van der Waals surface area (Å²) >= 11 is 1.66. The predicted octanol–water partition coefficient (Wildman–Crippen LogP) is 2.01. The summed E-state index contributed by atoms with van der Waals surface area (Å²) in [5.74, 6) is -0.470. The number of phenolic OH excluding ortho intramolecular Hbond substituents is 1. The molecule has 0 fully saturated rings. The number of amides is 1. The van der Waals surface area contributed by atoms with Gasteiger partial charge in [-0.1, -0.05) is 12.1 Å². The van der Waals surface area contributed by atoms with Gasteiger partial charge in [-0.05, 0) is 30.0 Å². The number of anilines is 1. The molecule has 1 aromatic carbocycles. The molecule has 1 heterocycles. The molecule has 0 bridgehead atoms. The molecule has 0 radical (unpaired) electrons. The van der Waals surface area contributed by atoms with E-state index in [0.717, 1.165) is 6.42 Å². The number of benzene rings is 1. The minimum Gasteiger partial charge on any atom is -0.505 e. The number of carbonyl (C=O) groups is 1. The monoisotopic (exact) mass is 262 g/mol. The van der Waals surface area contributed by atoms with E-state index in [1.165, 1.54) is 4.88 Å². The number of thiophene rings is 1. The van der Waals surface area contributed by atoms with Crippen LogP contribution in [0.3, 0.4) is 0 Å². The highest BCUT2D eigenvalue weighted by Crippen LogP contribution is 2.24. The molecule has 94 valence electrons. The first kappa shape index (κ1) is 12.4. The Morgan fingerprint density at radius 2 is 2.17 bits per heavy atom. The molecule has 1 amide bonds. The fourth-order valence-electron chi connectivity index (χ4n) is 1.59. The minimum absolute atomic E-state index is 0.161. The number of para-hydroxylation sites is 1. The molecule has 0 aliphatic heterocycles. The number of rotatable bonds is 4. The summed E-state index contributed by atoms with van der Waals surface area (Å²) in [5.41, 5.74) is 5.95. The molecule has 18 heavy (non-hydrogen) atoms. The Balaban J connectivity index is 1.93. The van der Waals surface area contributed by atoms with E-state index in [0.29, 0.717) is 6.54 Å². The van der Waals surface area contributed by atoms with E-state index in [2.05, 4.69) is 5.32 Å². The number of phenols is 1. The summed E-state index contributed by atoms with van der Waals surface area (Å²) < 4.78 is 0. The molecule has 2 aromatic rings. The van der Waals surface area contributed by atoms with Gasteiger partial charge in [-0.3, -0.25) is 4.79 Å². The molecule has 0 aliphatic rings. The normalized spacial score (nSPS) is 10.2. The van der Waals surface area contributed by atoms with Crippen LogP contribution in [-0.2, 0) is 6.42 Å². The van der Waals surface area contributed by atoms with Gasteiger partial charge in [0, 0.05) is 11.4 Å². The Labute approximate surface area is 109 Å². The molecule has 0 unspecified atom stereocenters. The van der Waals surface area contributed by atoms with Crippen LogP contribution in [0.1, 0.15) is 15.2 Å². The number of hydrogen-bond donors (Lipinski definition) is 3. The molecule has 4 N–H and O–H groups in total. The first-order chi connectivity index (χ1) is 8.68.